The van der Waals surface area contributed by atoms with E-state index in [1.165, 1.54) is 18.3 Å². The molecule has 2 heterocycles. The van der Waals surface area contributed by atoms with Crippen LogP contribution in [0.15, 0.2) is 60.8 Å². The number of carbonyl (C=O) groups excluding carboxylic acids is 4. The lowest BCUT2D eigenvalue weighted by Crippen LogP contribution is -2.69. The molecule has 2 aromatic carbocycles. The number of halogens is 3. The van der Waals surface area contributed by atoms with E-state index in [1.54, 1.807) is 19.1 Å². The highest BCUT2D eigenvalue weighted by molar-refractivity contribution is 6.09. The van der Waals surface area contributed by atoms with Crippen LogP contribution >= 0.6 is 0 Å². The second-order valence-electron chi connectivity index (χ2n) is 8.50. The van der Waals surface area contributed by atoms with Crippen LogP contribution in [0.3, 0.4) is 0 Å². The number of fused-ring (bicyclic) bond motifs is 1. The Bertz CT molecular complexity index is 1390. The molecule has 0 spiro atoms. The number of esters is 2. The zero-order valence-corrected chi connectivity index (χ0v) is 19.4. The number of hydrogen-bond acceptors (Lipinski definition) is 7. The minimum Gasteiger partial charge on any atom is -0.385 e. The molecule has 0 aliphatic carbocycles. The SMILES string of the molecule is C[C@@H](NC(=O)N1C(=O)[C@H](Cc2ccnc(N)c2)[C@H]1C(=O)OC(=O)C(F)(F)F)c1cccc2ccccc12. The monoisotopic (exact) mass is 514 g/mol. The number of imide groups is 1. The summed E-state index contributed by atoms with van der Waals surface area (Å²) in [6, 6.07) is 12.3. The summed E-state index contributed by atoms with van der Waals surface area (Å²) in [5.74, 6) is -6.36. The number of ether oxygens (including phenoxy) is 1. The Labute approximate surface area is 208 Å². The molecule has 12 heteroatoms. The third-order valence-corrected chi connectivity index (χ3v) is 6.03. The van der Waals surface area contributed by atoms with Gasteiger partial charge in [-0.3, -0.25) is 4.79 Å². The van der Waals surface area contributed by atoms with E-state index < -0.39 is 48.1 Å². The smallest absolute Gasteiger partial charge is 0.385 e. The van der Waals surface area contributed by atoms with E-state index in [-0.39, 0.29) is 12.2 Å². The van der Waals surface area contributed by atoms with E-state index in [0.29, 0.717) is 10.5 Å². The van der Waals surface area contributed by atoms with Gasteiger partial charge in [0.2, 0.25) is 5.91 Å². The van der Waals surface area contributed by atoms with Crippen molar-refractivity contribution in [2.45, 2.75) is 31.6 Å². The molecule has 3 aromatic rings. The second kappa shape index (κ2) is 9.88. The number of nitrogens with zero attached hydrogens (tertiary/aromatic N) is 2. The summed E-state index contributed by atoms with van der Waals surface area (Å²) < 4.78 is 42.1. The Morgan fingerprint density at radius 2 is 1.84 bits per heavy atom. The summed E-state index contributed by atoms with van der Waals surface area (Å²) in [5, 5.41) is 4.35. The highest BCUT2D eigenvalue weighted by Crippen LogP contribution is 2.33. The van der Waals surface area contributed by atoms with Gasteiger partial charge in [0, 0.05) is 6.20 Å². The number of benzene rings is 2. The maximum Gasteiger partial charge on any atom is 0.491 e. The summed E-state index contributed by atoms with van der Waals surface area (Å²) >= 11 is 0. The second-order valence-corrected chi connectivity index (χ2v) is 8.50. The molecule has 37 heavy (non-hydrogen) atoms. The van der Waals surface area contributed by atoms with Crippen molar-refractivity contribution in [2.75, 3.05) is 5.73 Å². The minimum atomic E-state index is -5.44. The van der Waals surface area contributed by atoms with E-state index in [1.807, 2.05) is 30.3 Å². The standard InChI is InChI=1S/C25H21F3N4O5/c1-13(16-8-4-6-15-5-2-3-7-17(15)16)31-24(36)32-20(22(34)37-23(35)25(26,27)28)18(21(32)33)11-14-9-10-30-19(29)12-14/h2-10,12-13,18,20H,11H2,1H3,(H2,29,30)(H,31,36)/t13-,18-,20+/m1/s1. The lowest BCUT2D eigenvalue weighted by Gasteiger charge is -2.43. The number of anilines is 1. The maximum atomic E-state index is 13.1. The van der Waals surface area contributed by atoms with Crippen molar-refractivity contribution in [3.63, 3.8) is 0 Å². The third kappa shape index (κ3) is 5.22. The maximum absolute atomic E-state index is 13.1. The van der Waals surface area contributed by atoms with Crippen LogP contribution in [0.2, 0.25) is 0 Å². The van der Waals surface area contributed by atoms with Gasteiger partial charge in [0.25, 0.3) is 0 Å². The third-order valence-electron chi connectivity index (χ3n) is 6.03. The van der Waals surface area contributed by atoms with Crippen molar-refractivity contribution in [1.29, 1.82) is 0 Å². The first-order chi connectivity index (χ1) is 17.5. The first-order valence-electron chi connectivity index (χ1n) is 11.1. The lowest BCUT2D eigenvalue weighted by atomic mass is 9.82. The summed E-state index contributed by atoms with van der Waals surface area (Å²) in [4.78, 5) is 54.1. The van der Waals surface area contributed by atoms with E-state index in [0.717, 1.165) is 16.3 Å². The van der Waals surface area contributed by atoms with Crippen LogP contribution in [0.4, 0.5) is 23.8 Å². The van der Waals surface area contributed by atoms with Crippen LogP contribution in [-0.4, -0.2) is 46.0 Å². The molecule has 192 valence electrons. The van der Waals surface area contributed by atoms with E-state index in [9.17, 15) is 32.3 Å². The van der Waals surface area contributed by atoms with Gasteiger partial charge in [0.1, 0.15) is 5.82 Å². The van der Waals surface area contributed by atoms with Gasteiger partial charge < -0.3 is 15.8 Å². The molecule has 1 aliphatic rings. The Balaban J connectivity index is 1.57. The summed E-state index contributed by atoms with van der Waals surface area (Å²) in [6.45, 7) is 1.65. The molecule has 0 radical (unpaired) electrons. The molecule has 0 bridgehead atoms. The topological polar surface area (TPSA) is 132 Å². The number of nitrogens with two attached hydrogens (primary N) is 1. The number of likely N-dealkylation sites (tertiary alicyclic amines) is 1. The summed E-state index contributed by atoms with van der Waals surface area (Å²) in [5.41, 5.74) is 6.80. The number of carbonyl (C=O) groups is 4. The van der Waals surface area contributed by atoms with Gasteiger partial charge in [0.05, 0.1) is 12.0 Å². The molecular formula is C25H21F3N4O5. The number of rotatable bonds is 5. The average Bonchev–Trinajstić information content (AvgIpc) is 2.84. The number of urea groups is 1. The van der Waals surface area contributed by atoms with Crippen molar-refractivity contribution in [3.05, 3.63) is 71.9 Å². The number of aromatic nitrogens is 1. The van der Waals surface area contributed by atoms with Gasteiger partial charge in [-0.15, -0.1) is 0 Å². The van der Waals surface area contributed by atoms with Crippen LogP contribution < -0.4 is 11.1 Å². The fourth-order valence-corrected chi connectivity index (χ4v) is 4.29. The molecule has 0 saturated carbocycles. The van der Waals surface area contributed by atoms with Crippen molar-refractivity contribution in [1.82, 2.24) is 15.2 Å². The van der Waals surface area contributed by atoms with E-state index in [4.69, 9.17) is 5.73 Å². The van der Waals surface area contributed by atoms with Crippen molar-refractivity contribution < 1.29 is 37.1 Å². The Morgan fingerprint density at radius 1 is 1.14 bits per heavy atom. The average molecular weight is 514 g/mol. The van der Waals surface area contributed by atoms with Crippen LogP contribution in [0.5, 0.6) is 0 Å². The van der Waals surface area contributed by atoms with Gasteiger partial charge in [-0.25, -0.2) is 24.3 Å². The number of nitrogen functional groups attached to an aromatic ring is 1. The highest BCUT2D eigenvalue weighted by Gasteiger charge is 2.57. The number of nitrogens with one attached hydrogen (secondary N) is 1. The van der Waals surface area contributed by atoms with Crippen molar-refractivity contribution >= 4 is 40.5 Å². The summed E-state index contributed by atoms with van der Waals surface area (Å²) in [7, 11) is 0. The Kier molecular flexibility index (Phi) is 6.84. The molecular weight excluding hydrogens is 493 g/mol. The molecule has 1 saturated heterocycles. The Hall–Kier alpha value is -4.48. The lowest BCUT2D eigenvalue weighted by molar-refractivity contribution is -0.205. The first kappa shape index (κ1) is 25.6. The predicted octanol–water partition coefficient (Wildman–Crippen LogP) is 3.29. The van der Waals surface area contributed by atoms with Gasteiger partial charge in [0.15, 0.2) is 6.04 Å². The Morgan fingerprint density at radius 3 is 2.54 bits per heavy atom. The van der Waals surface area contributed by atoms with Gasteiger partial charge in [-0.1, -0.05) is 42.5 Å². The van der Waals surface area contributed by atoms with E-state index >= 15 is 0 Å². The normalized spacial score (nSPS) is 18.2. The van der Waals surface area contributed by atoms with Crippen LogP contribution in [0.1, 0.15) is 24.1 Å². The molecule has 3 N–H and O–H groups in total. The van der Waals surface area contributed by atoms with Gasteiger partial charge >= 0.3 is 24.1 Å². The van der Waals surface area contributed by atoms with E-state index in [2.05, 4.69) is 15.0 Å². The quantitative estimate of drug-likeness (QED) is 0.303. The zero-order chi connectivity index (χ0) is 26.9. The molecule has 1 aliphatic heterocycles. The van der Waals surface area contributed by atoms with Crippen LogP contribution in [-0.2, 0) is 25.5 Å². The van der Waals surface area contributed by atoms with Crippen LogP contribution in [0, 0.1) is 5.92 Å². The zero-order valence-electron chi connectivity index (χ0n) is 19.4. The first-order valence-corrected chi connectivity index (χ1v) is 11.1. The predicted molar refractivity (Wildman–Crippen MR) is 125 cm³/mol. The molecule has 9 nitrogen and oxygen atoms in total. The fourth-order valence-electron chi connectivity index (χ4n) is 4.29. The van der Waals surface area contributed by atoms with Crippen molar-refractivity contribution in [3.8, 4) is 0 Å². The number of hydrogen-bond donors (Lipinski definition) is 2. The molecule has 3 atom stereocenters. The van der Waals surface area contributed by atoms with Crippen LogP contribution in [0.25, 0.3) is 10.8 Å². The molecule has 1 aromatic heterocycles. The summed E-state index contributed by atoms with van der Waals surface area (Å²) in [6.07, 6.45) is -4.23. The highest BCUT2D eigenvalue weighted by atomic mass is 19.4. The number of pyridine rings is 1. The molecule has 3 amide bonds. The number of amides is 3. The molecule has 1 fully saturated rings. The van der Waals surface area contributed by atoms with Crippen molar-refractivity contribution in [2.24, 2.45) is 5.92 Å². The number of alkyl halides is 3. The number of β-lactam (4-membered cyclic amide) rings is 1. The largest absolute Gasteiger partial charge is 0.491 e. The minimum absolute atomic E-state index is 0.120. The fraction of sp³-hybridized carbons (Fsp3) is 0.240. The molecule has 0 unspecified atom stereocenters. The van der Waals surface area contributed by atoms with Gasteiger partial charge in [-0.05, 0) is 47.4 Å². The van der Waals surface area contributed by atoms with Gasteiger partial charge in [-0.2, -0.15) is 13.2 Å². The molecule has 4 rings (SSSR count).